The van der Waals surface area contributed by atoms with Crippen LogP contribution in [0.4, 0.5) is 4.79 Å². The molecule has 154 valence electrons. The summed E-state index contributed by atoms with van der Waals surface area (Å²) in [6.45, 7) is 1.65. The Morgan fingerprint density at radius 1 is 1.03 bits per heavy atom. The summed E-state index contributed by atoms with van der Waals surface area (Å²) < 4.78 is 10.8. The normalized spacial score (nSPS) is 18.2. The van der Waals surface area contributed by atoms with Crippen LogP contribution in [0.5, 0.6) is 11.5 Å². The fourth-order valence-electron chi connectivity index (χ4n) is 4.32. The molecule has 2 aromatic rings. The molecule has 2 aliphatic rings. The zero-order valence-corrected chi connectivity index (χ0v) is 17.3. The molecule has 1 N–H and O–H groups in total. The zero-order chi connectivity index (χ0) is 20.3. The molecule has 1 saturated carbocycles. The van der Waals surface area contributed by atoms with E-state index >= 15 is 0 Å². The number of benzene rings is 2. The van der Waals surface area contributed by atoms with Gasteiger partial charge in [0.05, 0.1) is 19.8 Å². The summed E-state index contributed by atoms with van der Waals surface area (Å²) in [4.78, 5) is 14.9. The second-order valence-electron chi connectivity index (χ2n) is 8.20. The molecule has 0 bridgehead atoms. The maximum atomic E-state index is 12.9. The van der Waals surface area contributed by atoms with Crippen molar-refractivity contribution in [1.82, 2.24) is 10.2 Å². The molecule has 1 aliphatic heterocycles. The molecule has 5 nitrogen and oxygen atoms in total. The number of carbonyl (C=O) groups excluding carboxylic acids is 1. The highest BCUT2D eigenvalue weighted by atomic mass is 16.5. The summed E-state index contributed by atoms with van der Waals surface area (Å²) in [5.74, 6) is 2.06. The van der Waals surface area contributed by atoms with Crippen LogP contribution < -0.4 is 14.8 Å². The summed E-state index contributed by atoms with van der Waals surface area (Å²) in [7, 11) is 3.27. The Balaban J connectivity index is 1.34. The number of hydrogen-bond donors (Lipinski definition) is 1. The van der Waals surface area contributed by atoms with Crippen LogP contribution in [0.25, 0.3) is 0 Å². The summed E-state index contributed by atoms with van der Waals surface area (Å²) in [5.41, 5.74) is 2.21. The van der Waals surface area contributed by atoms with Crippen LogP contribution in [-0.4, -0.2) is 38.2 Å². The molecule has 2 aromatic carbocycles. The monoisotopic (exact) mass is 394 g/mol. The van der Waals surface area contributed by atoms with E-state index in [0.29, 0.717) is 17.4 Å². The van der Waals surface area contributed by atoms with Gasteiger partial charge in [-0.15, -0.1) is 0 Å². The molecule has 2 fully saturated rings. The molecule has 0 unspecified atom stereocenters. The molecule has 2 amide bonds. The number of hydrogen-bond acceptors (Lipinski definition) is 3. The fourth-order valence-corrected chi connectivity index (χ4v) is 4.32. The molecular formula is C24H30N2O3. The first kappa shape index (κ1) is 19.6. The van der Waals surface area contributed by atoms with Gasteiger partial charge in [-0.05, 0) is 61.3 Å². The average molecular weight is 395 g/mol. The number of piperidine rings is 1. The third kappa shape index (κ3) is 4.34. The number of methoxy groups -OCH3 is 2. The Hall–Kier alpha value is -2.69. The van der Waals surface area contributed by atoms with Gasteiger partial charge in [0.25, 0.3) is 0 Å². The summed E-state index contributed by atoms with van der Waals surface area (Å²) in [6, 6.07) is 16.6. The van der Waals surface area contributed by atoms with Crippen molar-refractivity contribution in [2.24, 2.45) is 5.92 Å². The van der Waals surface area contributed by atoms with Gasteiger partial charge in [0.1, 0.15) is 0 Å². The molecule has 1 aliphatic carbocycles. The first-order valence-electron chi connectivity index (χ1n) is 10.5. The minimum Gasteiger partial charge on any atom is -0.493 e. The third-order valence-corrected chi connectivity index (χ3v) is 6.30. The number of urea groups is 1. The molecule has 4 rings (SSSR count). The van der Waals surface area contributed by atoms with E-state index in [4.69, 9.17) is 9.47 Å². The van der Waals surface area contributed by atoms with Gasteiger partial charge in [0.15, 0.2) is 11.5 Å². The molecule has 1 heterocycles. The summed E-state index contributed by atoms with van der Waals surface area (Å²) in [6.07, 6.45) is 5.14. The average Bonchev–Trinajstić information content (AvgIpc) is 3.55. The lowest BCUT2D eigenvalue weighted by Crippen LogP contribution is -2.48. The maximum Gasteiger partial charge on any atom is 0.318 e. The van der Waals surface area contributed by atoms with Crippen LogP contribution >= 0.6 is 0 Å². The first-order valence-corrected chi connectivity index (χ1v) is 10.5. The Morgan fingerprint density at radius 3 is 2.34 bits per heavy atom. The Morgan fingerprint density at radius 2 is 1.72 bits per heavy atom. The van der Waals surface area contributed by atoms with Gasteiger partial charge >= 0.3 is 6.03 Å². The van der Waals surface area contributed by atoms with E-state index in [1.165, 1.54) is 5.56 Å². The van der Waals surface area contributed by atoms with Gasteiger partial charge in [-0.1, -0.05) is 36.4 Å². The van der Waals surface area contributed by atoms with E-state index in [1.807, 2.05) is 23.1 Å². The number of nitrogens with zero attached hydrogens (tertiary/aromatic N) is 1. The predicted molar refractivity (Wildman–Crippen MR) is 113 cm³/mol. The number of likely N-dealkylation sites (tertiary alicyclic amines) is 1. The Labute approximate surface area is 173 Å². The molecule has 0 spiro atoms. The molecule has 1 saturated heterocycles. The number of carbonyl (C=O) groups is 1. The molecule has 0 radical (unpaired) electrons. The van der Waals surface area contributed by atoms with Gasteiger partial charge < -0.3 is 19.7 Å². The predicted octanol–water partition coefficient (Wildman–Crippen LogP) is 4.36. The quantitative estimate of drug-likeness (QED) is 0.792. The van der Waals surface area contributed by atoms with Crippen LogP contribution in [-0.2, 0) is 12.0 Å². The van der Waals surface area contributed by atoms with Crippen molar-refractivity contribution < 1.29 is 14.3 Å². The van der Waals surface area contributed by atoms with Crippen molar-refractivity contribution in [3.63, 3.8) is 0 Å². The first-order chi connectivity index (χ1) is 14.1. The van der Waals surface area contributed by atoms with Crippen molar-refractivity contribution in [1.29, 1.82) is 0 Å². The minimum atomic E-state index is -0.266. The van der Waals surface area contributed by atoms with E-state index in [-0.39, 0.29) is 11.6 Å². The van der Waals surface area contributed by atoms with Crippen LogP contribution in [0.15, 0.2) is 48.5 Å². The topological polar surface area (TPSA) is 50.8 Å². The van der Waals surface area contributed by atoms with E-state index < -0.39 is 0 Å². The molecule has 0 aromatic heterocycles. The zero-order valence-electron chi connectivity index (χ0n) is 17.3. The van der Waals surface area contributed by atoms with E-state index in [2.05, 4.69) is 35.6 Å². The van der Waals surface area contributed by atoms with Crippen LogP contribution in [0.2, 0.25) is 0 Å². The number of rotatable bonds is 6. The van der Waals surface area contributed by atoms with Gasteiger partial charge in [-0.3, -0.25) is 0 Å². The van der Waals surface area contributed by atoms with Gasteiger partial charge in [0, 0.05) is 13.1 Å². The van der Waals surface area contributed by atoms with Crippen molar-refractivity contribution >= 4 is 6.03 Å². The van der Waals surface area contributed by atoms with Crippen LogP contribution in [0, 0.1) is 5.92 Å². The minimum absolute atomic E-state index is 0.0513. The van der Waals surface area contributed by atoms with Crippen molar-refractivity contribution in [2.45, 2.75) is 37.6 Å². The number of amides is 2. The summed E-state index contributed by atoms with van der Waals surface area (Å²) in [5, 5.41) is 3.30. The maximum absolute atomic E-state index is 12.9. The summed E-state index contributed by atoms with van der Waals surface area (Å²) >= 11 is 0. The molecular weight excluding hydrogens is 364 g/mol. The molecule has 0 atom stereocenters. The lowest BCUT2D eigenvalue weighted by molar-refractivity contribution is 0.166. The standard InChI is InChI=1S/C24H30N2O3/c1-28-21-9-8-20(17-22(21)29-2)24(12-13-24)25-23(27)26-14-10-19(11-15-26)16-18-6-4-3-5-7-18/h3-9,17,19H,10-16H2,1-2H3,(H,25,27). The Bertz CT molecular complexity index is 840. The largest absolute Gasteiger partial charge is 0.493 e. The van der Waals surface area contributed by atoms with E-state index in [1.54, 1.807) is 14.2 Å². The van der Waals surface area contributed by atoms with E-state index in [0.717, 1.165) is 50.8 Å². The highest BCUT2D eigenvalue weighted by Gasteiger charge is 2.47. The second kappa shape index (κ2) is 8.36. The fraction of sp³-hybridized carbons (Fsp3) is 0.458. The van der Waals surface area contributed by atoms with Crippen molar-refractivity contribution in [3.05, 3.63) is 59.7 Å². The third-order valence-electron chi connectivity index (χ3n) is 6.30. The van der Waals surface area contributed by atoms with Gasteiger partial charge in [-0.2, -0.15) is 0 Å². The number of ether oxygens (including phenoxy) is 2. The van der Waals surface area contributed by atoms with Crippen molar-refractivity contribution in [3.8, 4) is 11.5 Å². The van der Waals surface area contributed by atoms with Gasteiger partial charge in [-0.25, -0.2) is 4.79 Å². The SMILES string of the molecule is COc1ccc(C2(NC(=O)N3CCC(Cc4ccccc4)CC3)CC2)cc1OC. The Kier molecular flexibility index (Phi) is 5.65. The van der Waals surface area contributed by atoms with Crippen LogP contribution in [0.3, 0.4) is 0 Å². The van der Waals surface area contributed by atoms with Crippen molar-refractivity contribution in [2.75, 3.05) is 27.3 Å². The smallest absolute Gasteiger partial charge is 0.318 e. The highest BCUT2D eigenvalue weighted by Crippen LogP contribution is 2.47. The highest BCUT2D eigenvalue weighted by molar-refractivity contribution is 5.76. The lowest BCUT2D eigenvalue weighted by Gasteiger charge is -2.33. The lowest BCUT2D eigenvalue weighted by atomic mass is 9.90. The molecule has 29 heavy (non-hydrogen) atoms. The number of nitrogens with one attached hydrogen (secondary N) is 1. The second-order valence-corrected chi connectivity index (χ2v) is 8.20. The van der Waals surface area contributed by atoms with Gasteiger partial charge in [0.2, 0.25) is 0 Å². The van der Waals surface area contributed by atoms with E-state index in [9.17, 15) is 4.79 Å². The molecule has 5 heteroatoms. The van der Waals surface area contributed by atoms with Crippen LogP contribution in [0.1, 0.15) is 36.8 Å².